The molecule has 7 heteroatoms. The summed E-state index contributed by atoms with van der Waals surface area (Å²) in [5, 5.41) is 0. The molecule has 0 aromatic heterocycles. The van der Waals surface area contributed by atoms with Gasteiger partial charge < -0.3 is 23.7 Å². The van der Waals surface area contributed by atoms with Crippen molar-refractivity contribution in [3.63, 3.8) is 0 Å². The Morgan fingerprint density at radius 1 is 1.08 bits per heavy atom. The van der Waals surface area contributed by atoms with Crippen molar-refractivity contribution in [1.29, 1.82) is 0 Å². The van der Waals surface area contributed by atoms with Crippen LogP contribution in [0.25, 0.3) is 6.08 Å². The highest BCUT2D eigenvalue weighted by Gasteiger charge is 2.38. The van der Waals surface area contributed by atoms with E-state index in [1.807, 2.05) is 0 Å². The van der Waals surface area contributed by atoms with Gasteiger partial charge in [-0.15, -0.1) is 0 Å². The van der Waals surface area contributed by atoms with Gasteiger partial charge in [0.15, 0.2) is 6.29 Å². The van der Waals surface area contributed by atoms with E-state index in [1.54, 1.807) is 24.3 Å². The van der Waals surface area contributed by atoms with Gasteiger partial charge in [-0.3, -0.25) is 0 Å². The fourth-order valence-electron chi connectivity index (χ4n) is 2.45. The number of esters is 2. The Labute approximate surface area is 145 Å². The highest BCUT2D eigenvalue weighted by molar-refractivity contribution is 6.18. The average molecular weight is 348 g/mol. The van der Waals surface area contributed by atoms with Crippen LogP contribution in [0.1, 0.15) is 25.8 Å². The van der Waals surface area contributed by atoms with Crippen LogP contribution in [0.15, 0.2) is 29.8 Å². The lowest BCUT2D eigenvalue weighted by Crippen LogP contribution is -2.41. The largest absolute Gasteiger partial charge is 0.493 e. The maximum Gasteiger partial charge on any atom is 0.348 e. The number of carbonyl (C=O) groups excluding carboxylic acids is 2. The fraction of sp³-hybridized carbons (Fsp3) is 0.444. The third kappa shape index (κ3) is 4.58. The smallest absolute Gasteiger partial charge is 0.348 e. The topological polar surface area (TPSA) is 80.3 Å². The van der Waals surface area contributed by atoms with Crippen molar-refractivity contribution in [3.05, 3.63) is 35.4 Å². The zero-order valence-electron chi connectivity index (χ0n) is 14.2. The van der Waals surface area contributed by atoms with Crippen LogP contribution in [0.3, 0.4) is 0 Å². The zero-order chi connectivity index (χ0) is 17.9. The Hall–Kier alpha value is -2.38. The molecule has 1 aromatic carbocycles. The maximum atomic E-state index is 11.9. The molecule has 1 aromatic rings. The van der Waals surface area contributed by atoms with Crippen LogP contribution in [0.5, 0.6) is 5.75 Å². The predicted octanol–water partition coefficient (Wildman–Crippen LogP) is 2.05. The van der Waals surface area contributed by atoms with Crippen molar-refractivity contribution in [2.45, 2.75) is 32.3 Å². The SMILES string of the molecule is CC1(C)OC(=O)C(=Cc2ccc(OCCC3OCCO3)cc2)C(=O)O1. The van der Waals surface area contributed by atoms with E-state index in [4.69, 9.17) is 23.7 Å². The third-order valence-electron chi connectivity index (χ3n) is 3.62. The Balaban J connectivity index is 1.58. The second-order valence-corrected chi connectivity index (χ2v) is 6.11. The Morgan fingerprint density at radius 2 is 1.68 bits per heavy atom. The minimum Gasteiger partial charge on any atom is -0.493 e. The summed E-state index contributed by atoms with van der Waals surface area (Å²) in [6.45, 7) is 4.73. The van der Waals surface area contributed by atoms with Gasteiger partial charge in [-0.05, 0) is 23.8 Å². The quantitative estimate of drug-likeness (QED) is 0.458. The molecule has 2 saturated heterocycles. The first-order valence-corrected chi connectivity index (χ1v) is 8.07. The molecule has 0 aliphatic carbocycles. The van der Waals surface area contributed by atoms with Crippen LogP contribution in [0.4, 0.5) is 0 Å². The van der Waals surface area contributed by atoms with E-state index in [1.165, 1.54) is 19.9 Å². The predicted molar refractivity (Wildman–Crippen MR) is 86.5 cm³/mol. The molecular weight excluding hydrogens is 328 g/mol. The van der Waals surface area contributed by atoms with Gasteiger partial charge in [0, 0.05) is 20.3 Å². The highest BCUT2D eigenvalue weighted by atomic mass is 16.7. The molecule has 2 aliphatic rings. The monoisotopic (exact) mass is 348 g/mol. The summed E-state index contributed by atoms with van der Waals surface area (Å²) < 4.78 is 26.4. The van der Waals surface area contributed by atoms with E-state index in [-0.39, 0.29) is 11.9 Å². The first-order chi connectivity index (χ1) is 11.9. The lowest BCUT2D eigenvalue weighted by Gasteiger charge is -2.29. The first-order valence-electron chi connectivity index (χ1n) is 8.07. The minimum atomic E-state index is -1.24. The lowest BCUT2D eigenvalue weighted by molar-refractivity contribution is -0.222. The Kier molecular flexibility index (Phi) is 5.06. The lowest BCUT2D eigenvalue weighted by atomic mass is 10.1. The molecule has 25 heavy (non-hydrogen) atoms. The van der Waals surface area contributed by atoms with Gasteiger partial charge in [0.1, 0.15) is 11.3 Å². The van der Waals surface area contributed by atoms with Crippen molar-refractivity contribution in [1.82, 2.24) is 0 Å². The van der Waals surface area contributed by atoms with Crippen molar-refractivity contribution >= 4 is 18.0 Å². The van der Waals surface area contributed by atoms with Crippen LogP contribution in [-0.4, -0.2) is 43.8 Å². The number of cyclic esters (lactones) is 2. The summed E-state index contributed by atoms with van der Waals surface area (Å²) in [6.07, 6.45) is 1.89. The van der Waals surface area contributed by atoms with Crippen molar-refractivity contribution in [2.24, 2.45) is 0 Å². The zero-order valence-corrected chi connectivity index (χ0v) is 14.2. The summed E-state index contributed by atoms with van der Waals surface area (Å²) in [6, 6.07) is 6.99. The summed E-state index contributed by atoms with van der Waals surface area (Å²) in [4.78, 5) is 23.8. The number of carbonyl (C=O) groups is 2. The standard InChI is InChI=1S/C18H20O7/c1-18(2)24-16(19)14(17(20)25-18)11-12-3-5-13(6-4-12)21-8-7-15-22-9-10-23-15/h3-6,11,15H,7-10H2,1-2H3. The minimum absolute atomic E-state index is 0.136. The molecule has 0 amide bonds. The second kappa shape index (κ2) is 7.25. The van der Waals surface area contributed by atoms with E-state index in [2.05, 4.69) is 0 Å². The fourth-order valence-corrected chi connectivity index (χ4v) is 2.45. The summed E-state index contributed by atoms with van der Waals surface area (Å²) >= 11 is 0. The molecule has 0 bridgehead atoms. The van der Waals surface area contributed by atoms with E-state index >= 15 is 0 Å². The number of hydrogen-bond acceptors (Lipinski definition) is 7. The molecule has 134 valence electrons. The maximum absolute atomic E-state index is 11.9. The Morgan fingerprint density at radius 3 is 2.28 bits per heavy atom. The average Bonchev–Trinajstić information content (AvgIpc) is 3.05. The van der Waals surface area contributed by atoms with E-state index in [0.717, 1.165) is 0 Å². The molecule has 2 aliphatic heterocycles. The van der Waals surface area contributed by atoms with E-state index in [0.29, 0.717) is 37.6 Å². The normalized spacial score (nSPS) is 20.2. The van der Waals surface area contributed by atoms with Crippen molar-refractivity contribution in [3.8, 4) is 5.75 Å². The van der Waals surface area contributed by atoms with Gasteiger partial charge >= 0.3 is 11.9 Å². The van der Waals surface area contributed by atoms with Crippen molar-refractivity contribution in [2.75, 3.05) is 19.8 Å². The molecule has 0 atom stereocenters. The molecule has 3 rings (SSSR count). The summed E-state index contributed by atoms with van der Waals surface area (Å²) in [7, 11) is 0. The molecule has 0 unspecified atom stereocenters. The van der Waals surface area contributed by atoms with E-state index in [9.17, 15) is 9.59 Å². The van der Waals surface area contributed by atoms with Gasteiger partial charge in [-0.2, -0.15) is 0 Å². The Bertz CT molecular complexity index is 647. The third-order valence-corrected chi connectivity index (χ3v) is 3.62. The summed E-state index contributed by atoms with van der Waals surface area (Å²) in [5.41, 5.74) is 0.530. The summed E-state index contributed by atoms with van der Waals surface area (Å²) in [5.74, 6) is -1.96. The molecule has 0 radical (unpaired) electrons. The number of ether oxygens (including phenoxy) is 5. The number of benzene rings is 1. The molecule has 0 spiro atoms. The molecular formula is C18H20O7. The number of rotatable bonds is 5. The highest BCUT2D eigenvalue weighted by Crippen LogP contribution is 2.24. The first kappa shape index (κ1) is 17.4. The number of hydrogen-bond donors (Lipinski definition) is 0. The molecule has 0 N–H and O–H groups in total. The second-order valence-electron chi connectivity index (χ2n) is 6.11. The molecule has 7 nitrogen and oxygen atoms in total. The molecule has 2 heterocycles. The van der Waals surface area contributed by atoms with Gasteiger partial charge in [-0.1, -0.05) is 12.1 Å². The van der Waals surface area contributed by atoms with Crippen LogP contribution >= 0.6 is 0 Å². The van der Waals surface area contributed by atoms with Crippen LogP contribution in [0.2, 0.25) is 0 Å². The van der Waals surface area contributed by atoms with Crippen molar-refractivity contribution < 1.29 is 33.3 Å². The van der Waals surface area contributed by atoms with E-state index < -0.39 is 17.7 Å². The van der Waals surface area contributed by atoms with Gasteiger partial charge in [0.05, 0.1) is 19.8 Å². The molecule has 0 saturated carbocycles. The molecule has 2 fully saturated rings. The van der Waals surface area contributed by atoms with Crippen LogP contribution in [-0.2, 0) is 28.5 Å². The van der Waals surface area contributed by atoms with Gasteiger partial charge in [-0.25, -0.2) is 9.59 Å². The van der Waals surface area contributed by atoms with Gasteiger partial charge in [0.2, 0.25) is 0 Å². The van der Waals surface area contributed by atoms with Crippen LogP contribution in [0, 0.1) is 0 Å². The van der Waals surface area contributed by atoms with Gasteiger partial charge in [0.25, 0.3) is 5.79 Å². The van der Waals surface area contributed by atoms with Crippen LogP contribution < -0.4 is 4.74 Å².